The molecule has 0 heterocycles. The first kappa shape index (κ1) is 17.7. The Kier molecular flexibility index (Phi) is 6.98. The van der Waals surface area contributed by atoms with Crippen molar-refractivity contribution in [2.24, 2.45) is 5.10 Å². The van der Waals surface area contributed by atoms with Gasteiger partial charge >= 0.3 is 0 Å². The highest BCUT2D eigenvalue weighted by molar-refractivity contribution is 9.10. The summed E-state index contributed by atoms with van der Waals surface area (Å²) in [5.74, 6) is 0.130. The molecule has 2 aromatic carbocycles. The van der Waals surface area contributed by atoms with E-state index in [4.69, 9.17) is 4.74 Å². The van der Waals surface area contributed by atoms with E-state index in [-0.39, 0.29) is 5.91 Å². The predicted molar refractivity (Wildman–Crippen MR) is 101 cm³/mol. The van der Waals surface area contributed by atoms with Gasteiger partial charge in [-0.25, -0.2) is 5.43 Å². The molecule has 2 rings (SSSR count). The van der Waals surface area contributed by atoms with Gasteiger partial charge in [0.2, 0.25) is 0 Å². The summed E-state index contributed by atoms with van der Waals surface area (Å²) in [6.07, 6.45) is 6.79. The lowest BCUT2D eigenvalue weighted by Gasteiger charge is -2.09. The maximum Gasteiger partial charge on any atom is 0.275 e. The van der Waals surface area contributed by atoms with Gasteiger partial charge in [0.25, 0.3) is 5.91 Å². The van der Waals surface area contributed by atoms with Crippen molar-refractivity contribution in [3.63, 3.8) is 0 Å². The van der Waals surface area contributed by atoms with Crippen molar-refractivity contribution < 1.29 is 9.53 Å². The van der Waals surface area contributed by atoms with E-state index < -0.39 is 0 Å². The van der Waals surface area contributed by atoms with E-state index in [9.17, 15) is 4.79 Å². The minimum Gasteiger partial charge on any atom is -0.489 e. The van der Waals surface area contributed by atoms with Crippen molar-refractivity contribution in [3.8, 4) is 5.75 Å². The second-order valence-electron chi connectivity index (χ2n) is 4.73. The van der Waals surface area contributed by atoms with Crippen molar-refractivity contribution in [2.75, 3.05) is 6.61 Å². The van der Waals surface area contributed by atoms with Crippen LogP contribution >= 0.6 is 15.9 Å². The van der Waals surface area contributed by atoms with Gasteiger partial charge in [-0.1, -0.05) is 65.0 Å². The van der Waals surface area contributed by atoms with E-state index in [1.807, 2.05) is 36.4 Å². The number of hydrazone groups is 1. The summed E-state index contributed by atoms with van der Waals surface area (Å²) in [6.45, 7) is 3.92. The first-order chi connectivity index (χ1) is 11.7. The summed E-state index contributed by atoms with van der Waals surface area (Å²) in [4.78, 5) is 12.2. The van der Waals surface area contributed by atoms with E-state index in [1.54, 1.807) is 30.4 Å². The molecule has 0 aliphatic rings. The minimum atomic E-state index is -0.347. The maximum absolute atomic E-state index is 12.2. The van der Waals surface area contributed by atoms with Crippen LogP contribution in [-0.4, -0.2) is 18.7 Å². The number of nitrogens with one attached hydrogen (secondary N) is 1. The molecule has 2 aromatic rings. The van der Waals surface area contributed by atoms with Crippen LogP contribution in [0.15, 0.2) is 76.8 Å². The van der Waals surface area contributed by atoms with Crippen LogP contribution in [0.5, 0.6) is 5.75 Å². The van der Waals surface area contributed by atoms with Crippen molar-refractivity contribution in [1.82, 2.24) is 5.43 Å². The number of carbonyl (C=O) groups is 1. The van der Waals surface area contributed by atoms with Gasteiger partial charge in [0.1, 0.15) is 12.4 Å². The van der Waals surface area contributed by atoms with Crippen LogP contribution in [0, 0.1) is 0 Å². The van der Waals surface area contributed by atoms with E-state index in [1.165, 1.54) is 6.21 Å². The Bertz CT molecular complexity index is 755. The van der Waals surface area contributed by atoms with E-state index >= 15 is 0 Å². The van der Waals surface area contributed by atoms with Crippen molar-refractivity contribution in [3.05, 3.63) is 82.9 Å². The first-order valence-corrected chi connectivity index (χ1v) is 8.08. The zero-order valence-electron chi connectivity index (χ0n) is 13.0. The monoisotopic (exact) mass is 384 g/mol. The van der Waals surface area contributed by atoms with Crippen LogP contribution in [0.2, 0.25) is 0 Å². The fourth-order valence-corrected chi connectivity index (χ4v) is 2.23. The Labute approximate surface area is 149 Å². The second kappa shape index (κ2) is 9.47. The molecule has 0 bridgehead atoms. The first-order valence-electron chi connectivity index (χ1n) is 7.29. The zero-order chi connectivity index (χ0) is 17.2. The number of ether oxygens (including phenoxy) is 1. The van der Waals surface area contributed by atoms with E-state index in [0.29, 0.717) is 17.9 Å². The number of carbonyl (C=O) groups excluding carboxylic acids is 1. The van der Waals surface area contributed by atoms with Gasteiger partial charge in [0, 0.05) is 10.7 Å². The Morgan fingerprint density at radius 3 is 2.79 bits per heavy atom. The SMILES string of the molecule is C=CCOc1ccc(Br)cc1C(=O)NN=C/C=C/c1ccccc1. The van der Waals surface area contributed by atoms with Gasteiger partial charge in [0.15, 0.2) is 0 Å². The molecule has 0 atom stereocenters. The largest absolute Gasteiger partial charge is 0.489 e. The Hall–Kier alpha value is -2.66. The smallest absolute Gasteiger partial charge is 0.275 e. The number of halogens is 1. The minimum absolute atomic E-state index is 0.324. The normalized spacial score (nSPS) is 10.9. The average Bonchev–Trinajstić information content (AvgIpc) is 2.61. The summed E-state index contributed by atoms with van der Waals surface area (Å²) in [5.41, 5.74) is 3.94. The third-order valence-electron chi connectivity index (χ3n) is 2.96. The molecule has 1 amide bonds. The molecule has 0 saturated carbocycles. The van der Waals surface area contributed by atoms with Gasteiger partial charge in [-0.15, -0.1) is 0 Å². The Morgan fingerprint density at radius 2 is 2.04 bits per heavy atom. The van der Waals surface area contributed by atoms with Gasteiger partial charge in [0.05, 0.1) is 5.56 Å². The molecule has 0 radical (unpaired) electrons. The second-order valence-corrected chi connectivity index (χ2v) is 5.64. The van der Waals surface area contributed by atoms with E-state index in [0.717, 1.165) is 10.0 Å². The third-order valence-corrected chi connectivity index (χ3v) is 3.45. The van der Waals surface area contributed by atoms with E-state index in [2.05, 4.69) is 33.0 Å². The number of amides is 1. The van der Waals surface area contributed by atoms with Crippen molar-refractivity contribution in [1.29, 1.82) is 0 Å². The Balaban J connectivity index is 1.99. The molecule has 0 unspecified atom stereocenters. The molecule has 0 aliphatic carbocycles. The summed E-state index contributed by atoms with van der Waals surface area (Å²) in [6, 6.07) is 15.0. The predicted octanol–water partition coefficient (Wildman–Crippen LogP) is 4.44. The molecule has 4 nitrogen and oxygen atoms in total. The fraction of sp³-hybridized carbons (Fsp3) is 0.0526. The standard InChI is InChI=1S/C19H17BrN2O2/c1-2-13-24-18-11-10-16(20)14-17(18)19(23)22-21-12-6-9-15-7-4-3-5-8-15/h2-12,14H,1,13H2,(H,22,23)/b9-6+,21-12?. The highest BCUT2D eigenvalue weighted by Gasteiger charge is 2.12. The number of rotatable bonds is 7. The van der Waals surface area contributed by atoms with Crippen LogP contribution in [0.3, 0.4) is 0 Å². The average molecular weight is 385 g/mol. The topological polar surface area (TPSA) is 50.7 Å². The summed E-state index contributed by atoms with van der Waals surface area (Å²) in [7, 11) is 0. The van der Waals surface area contributed by atoms with Crippen LogP contribution in [0.1, 0.15) is 15.9 Å². The molecule has 24 heavy (non-hydrogen) atoms. The quantitative estimate of drug-likeness (QED) is 0.435. The molecule has 0 spiro atoms. The van der Waals surface area contributed by atoms with Crippen LogP contribution in [-0.2, 0) is 0 Å². The summed E-state index contributed by atoms with van der Waals surface area (Å²) in [5, 5.41) is 3.91. The third kappa shape index (κ3) is 5.52. The highest BCUT2D eigenvalue weighted by atomic mass is 79.9. The molecule has 122 valence electrons. The Morgan fingerprint density at radius 1 is 1.25 bits per heavy atom. The highest BCUT2D eigenvalue weighted by Crippen LogP contribution is 2.23. The lowest BCUT2D eigenvalue weighted by atomic mass is 10.2. The molecule has 0 saturated heterocycles. The maximum atomic E-state index is 12.2. The fourth-order valence-electron chi connectivity index (χ4n) is 1.87. The lowest BCUT2D eigenvalue weighted by molar-refractivity contribution is 0.0951. The molecular weight excluding hydrogens is 368 g/mol. The van der Waals surface area contributed by atoms with Gasteiger partial charge in [-0.05, 0) is 29.8 Å². The summed E-state index contributed by atoms with van der Waals surface area (Å²) >= 11 is 3.35. The van der Waals surface area contributed by atoms with Gasteiger partial charge in [-0.3, -0.25) is 4.79 Å². The van der Waals surface area contributed by atoms with Crippen molar-refractivity contribution >= 4 is 34.1 Å². The molecule has 0 fully saturated rings. The van der Waals surface area contributed by atoms with Crippen molar-refractivity contribution in [2.45, 2.75) is 0 Å². The lowest BCUT2D eigenvalue weighted by Crippen LogP contribution is -2.18. The summed E-state index contributed by atoms with van der Waals surface area (Å²) < 4.78 is 6.27. The van der Waals surface area contributed by atoms with Crippen LogP contribution in [0.25, 0.3) is 6.08 Å². The van der Waals surface area contributed by atoms with Crippen LogP contribution in [0.4, 0.5) is 0 Å². The molecule has 5 heteroatoms. The number of benzene rings is 2. The van der Waals surface area contributed by atoms with Crippen LogP contribution < -0.4 is 10.2 Å². The molecular formula is C19H17BrN2O2. The number of allylic oxidation sites excluding steroid dienone is 1. The molecule has 0 aromatic heterocycles. The zero-order valence-corrected chi connectivity index (χ0v) is 14.6. The molecule has 1 N–H and O–H groups in total. The number of hydrogen-bond acceptors (Lipinski definition) is 3. The number of nitrogens with zero attached hydrogens (tertiary/aromatic N) is 1. The number of hydrogen-bond donors (Lipinski definition) is 1. The van der Waals surface area contributed by atoms with Gasteiger partial charge in [-0.2, -0.15) is 5.10 Å². The van der Waals surface area contributed by atoms with Gasteiger partial charge < -0.3 is 4.74 Å². The molecule has 0 aliphatic heterocycles.